The molecule has 3 heteroatoms. The Labute approximate surface area is 104 Å². The van der Waals surface area contributed by atoms with Gasteiger partial charge in [0.1, 0.15) is 5.60 Å². The first-order valence-corrected chi connectivity index (χ1v) is 6.30. The number of piperidine rings is 1. The molecule has 0 N–H and O–H groups in total. The Bertz CT molecular complexity index is 353. The molecule has 0 aromatic rings. The highest BCUT2D eigenvalue weighted by molar-refractivity contribution is 5.68. The van der Waals surface area contributed by atoms with Crippen molar-refractivity contribution in [2.45, 2.75) is 45.6 Å². The molecule has 2 rings (SSSR count). The van der Waals surface area contributed by atoms with Crippen molar-refractivity contribution in [2.24, 2.45) is 11.3 Å². The highest BCUT2D eigenvalue weighted by Gasteiger charge is 2.54. The zero-order valence-corrected chi connectivity index (χ0v) is 11.0. The number of ether oxygens (including phenoxy) is 1. The molecular weight excluding hydrogens is 214 g/mol. The molecule has 2 fully saturated rings. The van der Waals surface area contributed by atoms with Crippen molar-refractivity contribution < 1.29 is 9.53 Å². The minimum atomic E-state index is -0.410. The first-order chi connectivity index (χ1) is 7.86. The second-order valence-corrected chi connectivity index (χ2v) is 6.25. The fourth-order valence-electron chi connectivity index (χ4n) is 2.60. The van der Waals surface area contributed by atoms with E-state index < -0.39 is 5.60 Å². The molecule has 3 nitrogen and oxygen atoms in total. The number of hydrogen-bond acceptors (Lipinski definition) is 2. The van der Waals surface area contributed by atoms with Gasteiger partial charge in [0.15, 0.2) is 0 Å². The second-order valence-electron chi connectivity index (χ2n) is 6.25. The molecule has 1 amide bonds. The Morgan fingerprint density at radius 1 is 1.41 bits per heavy atom. The van der Waals surface area contributed by atoms with Crippen molar-refractivity contribution in [3.63, 3.8) is 0 Å². The van der Waals surface area contributed by atoms with Gasteiger partial charge in [-0.2, -0.15) is 0 Å². The van der Waals surface area contributed by atoms with E-state index in [0.717, 1.165) is 32.4 Å². The summed E-state index contributed by atoms with van der Waals surface area (Å²) >= 11 is 0. The SMILES string of the molecule is C#CC1CC12CCN(C(=O)OC(C)(C)C)CC2. The molecule has 1 aliphatic heterocycles. The van der Waals surface area contributed by atoms with Crippen LogP contribution in [-0.2, 0) is 4.74 Å². The summed E-state index contributed by atoms with van der Waals surface area (Å²) in [5, 5.41) is 0. The molecule has 1 saturated heterocycles. The average Bonchev–Trinajstić information content (AvgIpc) is 2.90. The fraction of sp³-hybridized carbons (Fsp3) is 0.786. The molecule has 1 heterocycles. The van der Waals surface area contributed by atoms with Crippen LogP contribution in [0.15, 0.2) is 0 Å². The molecule has 2 aliphatic rings. The van der Waals surface area contributed by atoms with Crippen LogP contribution in [0.3, 0.4) is 0 Å². The Balaban J connectivity index is 1.84. The summed E-state index contributed by atoms with van der Waals surface area (Å²) in [6.07, 6.45) is 8.47. The lowest BCUT2D eigenvalue weighted by Gasteiger charge is -2.33. The molecule has 0 bridgehead atoms. The Hall–Kier alpha value is -1.17. The summed E-state index contributed by atoms with van der Waals surface area (Å²) in [6.45, 7) is 7.25. The molecule has 0 aromatic carbocycles. The normalized spacial score (nSPS) is 26.5. The quantitative estimate of drug-likeness (QED) is 0.604. The van der Waals surface area contributed by atoms with Gasteiger partial charge >= 0.3 is 6.09 Å². The van der Waals surface area contributed by atoms with Gasteiger partial charge in [-0.1, -0.05) is 0 Å². The van der Waals surface area contributed by atoms with Crippen molar-refractivity contribution >= 4 is 6.09 Å². The van der Waals surface area contributed by atoms with E-state index in [4.69, 9.17) is 11.2 Å². The minimum absolute atomic E-state index is 0.190. The molecule has 1 spiro atoms. The average molecular weight is 235 g/mol. The van der Waals surface area contributed by atoms with E-state index in [2.05, 4.69) is 5.92 Å². The van der Waals surface area contributed by atoms with E-state index in [-0.39, 0.29) is 6.09 Å². The predicted octanol–water partition coefficient (Wildman–Crippen LogP) is 2.66. The van der Waals surface area contributed by atoms with Gasteiger partial charge in [-0.3, -0.25) is 0 Å². The van der Waals surface area contributed by atoms with Crippen LogP contribution >= 0.6 is 0 Å². The molecule has 1 saturated carbocycles. The maximum atomic E-state index is 11.9. The van der Waals surface area contributed by atoms with E-state index in [0.29, 0.717) is 11.3 Å². The number of carbonyl (C=O) groups is 1. The largest absolute Gasteiger partial charge is 0.444 e. The lowest BCUT2D eigenvalue weighted by atomic mass is 9.91. The van der Waals surface area contributed by atoms with Crippen LogP contribution < -0.4 is 0 Å². The van der Waals surface area contributed by atoms with Crippen molar-refractivity contribution in [3.8, 4) is 12.3 Å². The van der Waals surface area contributed by atoms with Crippen molar-refractivity contribution in [1.29, 1.82) is 0 Å². The molecule has 94 valence electrons. The monoisotopic (exact) mass is 235 g/mol. The topological polar surface area (TPSA) is 29.5 Å². The van der Waals surface area contributed by atoms with Crippen LogP contribution in [-0.4, -0.2) is 29.7 Å². The minimum Gasteiger partial charge on any atom is -0.444 e. The number of nitrogens with zero attached hydrogens (tertiary/aromatic N) is 1. The zero-order chi connectivity index (χ0) is 12.7. The van der Waals surface area contributed by atoms with E-state index in [1.807, 2.05) is 25.7 Å². The number of terminal acetylenes is 1. The van der Waals surface area contributed by atoms with Crippen molar-refractivity contribution in [1.82, 2.24) is 4.90 Å². The lowest BCUT2D eigenvalue weighted by Crippen LogP contribution is -2.42. The molecule has 17 heavy (non-hydrogen) atoms. The maximum absolute atomic E-state index is 11.9. The van der Waals surface area contributed by atoms with Gasteiger partial charge in [0.25, 0.3) is 0 Å². The van der Waals surface area contributed by atoms with E-state index in [9.17, 15) is 4.79 Å². The van der Waals surface area contributed by atoms with Gasteiger partial charge in [-0.25, -0.2) is 4.79 Å². The first-order valence-electron chi connectivity index (χ1n) is 6.30. The molecule has 1 atom stereocenters. The molecule has 0 aromatic heterocycles. The summed E-state index contributed by atoms with van der Waals surface area (Å²) < 4.78 is 5.37. The number of amides is 1. The van der Waals surface area contributed by atoms with E-state index in [1.54, 1.807) is 0 Å². The zero-order valence-electron chi connectivity index (χ0n) is 11.0. The van der Waals surface area contributed by atoms with E-state index >= 15 is 0 Å². The lowest BCUT2D eigenvalue weighted by molar-refractivity contribution is 0.0169. The summed E-state index contributed by atoms with van der Waals surface area (Å²) in [5.74, 6) is 3.29. The first kappa shape index (κ1) is 12.3. The van der Waals surface area contributed by atoms with Crippen LogP contribution in [0.25, 0.3) is 0 Å². The van der Waals surface area contributed by atoms with Gasteiger partial charge in [-0.05, 0) is 45.4 Å². The smallest absolute Gasteiger partial charge is 0.410 e. The van der Waals surface area contributed by atoms with Crippen LogP contribution in [0.5, 0.6) is 0 Å². The third-order valence-electron chi connectivity index (χ3n) is 3.80. The number of rotatable bonds is 0. The van der Waals surface area contributed by atoms with Crippen LogP contribution in [0, 0.1) is 23.7 Å². The Kier molecular flexibility index (Phi) is 2.85. The highest BCUT2D eigenvalue weighted by Crippen LogP contribution is 2.58. The van der Waals surface area contributed by atoms with Crippen LogP contribution in [0.4, 0.5) is 4.79 Å². The van der Waals surface area contributed by atoms with Gasteiger partial charge in [0, 0.05) is 19.0 Å². The number of likely N-dealkylation sites (tertiary alicyclic amines) is 1. The van der Waals surface area contributed by atoms with Gasteiger partial charge in [0.05, 0.1) is 0 Å². The third-order valence-corrected chi connectivity index (χ3v) is 3.80. The fourth-order valence-corrected chi connectivity index (χ4v) is 2.60. The van der Waals surface area contributed by atoms with Crippen LogP contribution in [0.2, 0.25) is 0 Å². The summed E-state index contributed by atoms with van der Waals surface area (Å²) in [5.41, 5.74) is -0.0551. The van der Waals surface area contributed by atoms with Gasteiger partial charge in [0.2, 0.25) is 0 Å². The standard InChI is InChI=1S/C14H21NO2/c1-5-11-10-14(11)6-8-15(9-7-14)12(16)17-13(2,3)4/h1,11H,6-10H2,2-4H3. The predicted molar refractivity (Wildman–Crippen MR) is 66.4 cm³/mol. The van der Waals surface area contributed by atoms with Crippen molar-refractivity contribution in [3.05, 3.63) is 0 Å². The van der Waals surface area contributed by atoms with Gasteiger partial charge in [-0.15, -0.1) is 12.3 Å². The number of hydrogen-bond donors (Lipinski definition) is 0. The molecule has 1 unspecified atom stereocenters. The van der Waals surface area contributed by atoms with E-state index in [1.165, 1.54) is 0 Å². The second kappa shape index (κ2) is 3.94. The Morgan fingerprint density at radius 2 is 2.00 bits per heavy atom. The summed E-state index contributed by atoms with van der Waals surface area (Å²) in [6, 6.07) is 0. The molecule has 0 radical (unpaired) electrons. The van der Waals surface area contributed by atoms with Crippen molar-refractivity contribution in [2.75, 3.05) is 13.1 Å². The summed E-state index contributed by atoms with van der Waals surface area (Å²) in [4.78, 5) is 13.7. The third kappa shape index (κ3) is 2.57. The van der Waals surface area contributed by atoms with Gasteiger partial charge < -0.3 is 9.64 Å². The summed E-state index contributed by atoms with van der Waals surface area (Å²) in [7, 11) is 0. The number of carbonyl (C=O) groups excluding carboxylic acids is 1. The van der Waals surface area contributed by atoms with Crippen LogP contribution in [0.1, 0.15) is 40.0 Å². The highest BCUT2D eigenvalue weighted by atomic mass is 16.6. The maximum Gasteiger partial charge on any atom is 0.410 e. The molecular formula is C14H21NO2. The molecule has 1 aliphatic carbocycles. The Morgan fingerprint density at radius 3 is 2.41 bits per heavy atom.